The molecule has 0 heterocycles. The van der Waals surface area contributed by atoms with Crippen LogP contribution in [0.1, 0.15) is 0 Å². The third-order valence-electron chi connectivity index (χ3n) is 1.32. The van der Waals surface area contributed by atoms with Crippen LogP contribution in [0, 0.1) is 0 Å². The minimum Gasteiger partial charge on any atom is -0.477 e. The van der Waals surface area contributed by atoms with Crippen molar-refractivity contribution in [2.24, 2.45) is 0 Å². The van der Waals surface area contributed by atoms with Crippen molar-refractivity contribution in [1.82, 2.24) is 0 Å². The molecule has 0 bridgehead atoms. The Morgan fingerprint density at radius 1 is 1.43 bits per heavy atom. The average Bonchev–Trinajstić information content (AvgIpc) is 2.16. The van der Waals surface area contributed by atoms with E-state index in [1.165, 1.54) is 11.8 Å². The Balaban J connectivity index is 2.66. The van der Waals surface area contributed by atoms with Gasteiger partial charge in [-0.25, -0.2) is 4.79 Å². The van der Waals surface area contributed by atoms with Crippen LogP contribution in [-0.4, -0.2) is 11.1 Å². The van der Waals surface area contributed by atoms with E-state index in [9.17, 15) is 4.79 Å². The molecule has 0 saturated heterocycles. The minimum atomic E-state index is -0.893. The van der Waals surface area contributed by atoms with E-state index in [1.807, 2.05) is 24.3 Å². The van der Waals surface area contributed by atoms with Crippen LogP contribution in [0.3, 0.4) is 0 Å². The van der Waals surface area contributed by atoms with E-state index in [0.29, 0.717) is 3.58 Å². The highest BCUT2D eigenvalue weighted by Gasteiger charge is 2.01. The minimum absolute atomic E-state index is 0.315. The van der Waals surface area contributed by atoms with E-state index < -0.39 is 5.97 Å². The maximum atomic E-state index is 10.5. The van der Waals surface area contributed by atoms with Crippen LogP contribution in [0.15, 0.2) is 42.6 Å². The van der Waals surface area contributed by atoms with Gasteiger partial charge in [-0.3, -0.25) is 0 Å². The Bertz CT molecular complexity index is 362. The predicted octanol–water partition coefficient (Wildman–Crippen LogP) is 3.90. The normalized spacial score (nSPS) is 11.4. The first-order chi connectivity index (χ1) is 6.59. The van der Waals surface area contributed by atoms with Crippen LogP contribution in [-0.2, 0) is 4.79 Å². The Labute approximate surface area is 108 Å². The molecule has 0 fully saturated rings. The number of halogens is 2. The van der Waals surface area contributed by atoms with Crippen molar-refractivity contribution in [1.29, 1.82) is 0 Å². The van der Waals surface area contributed by atoms with Gasteiger partial charge in [0.05, 0.1) is 0 Å². The molecule has 0 amide bonds. The molecule has 0 radical (unpaired) electrons. The zero-order valence-electron chi connectivity index (χ0n) is 6.91. The SMILES string of the molecule is O=C(O)/C(I)=C\Sc1ccc(Br)cc1. The Kier molecular flexibility index (Phi) is 4.97. The van der Waals surface area contributed by atoms with Crippen molar-refractivity contribution in [3.05, 3.63) is 37.7 Å². The molecule has 0 aliphatic carbocycles. The zero-order valence-corrected chi connectivity index (χ0v) is 11.5. The van der Waals surface area contributed by atoms with Crippen LogP contribution in [0.5, 0.6) is 0 Å². The summed E-state index contributed by atoms with van der Waals surface area (Å²) < 4.78 is 1.33. The molecule has 1 aromatic rings. The number of hydrogen-bond acceptors (Lipinski definition) is 2. The molecule has 0 aliphatic rings. The maximum Gasteiger partial charge on any atom is 0.342 e. The molecule has 0 saturated carbocycles. The second-order valence-corrected chi connectivity index (χ2v) is 5.36. The van der Waals surface area contributed by atoms with E-state index in [2.05, 4.69) is 15.9 Å². The number of thioether (sulfide) groups is 1. The second kappa shape index (κ2) is 5.77. The number of carboxylic acid groups (broad SMARTS) is 1. The Hall–Kier alpha value is -0.0100. The molecular formula is C9H6BrIO2S. The summed E-state index contributed by atoms with van der Waals surface area (Å²) >= 11 is 6.52. The lowest BCUT2D eigenvalue weighted by Crippen LogP contribution is -1.91. The van der Waals surface area contributed by atoms with Crippen LogP contribution >= 0.6 is 50.3 Å². The van der Waals surface area contributed by atoms with Crippen molar-refractivity contribution in [2.75, 3.05) is 0 Å². The number of aliphatic carboxylic acids is 1. The average molecular weight is 385 g/mol. The lowest BCUT2D eigenvalue weighted by Gasteiger charge is -1.96. The number of benzene rings is 1. The lowest BCUT2D eigenvalue weighted by atomic mass is 10.4. The molecule has 0 spiro atoms. The Morgan fingerprint density at radius 3 is 2.50 bits per heavy atom. The highest BCUT2D eigenvalue weighted by molar-refractivity contribution is 14.1. The molecule has 0 aromatic heterocycles. The second-order valence-electron chi connectivity index (χ2n) is 2.34. The van der Waals surface area contributed by atoms with E-state index in [4.69, 9.17) is 5.11 Å². The largest absolute Gasteiger partial charge is 0.477 e. The molecule has 0 unspecified atom stereocenters. The van der Waals surface area contributed by atoms with E-state index >= 15 is 0 Å². The highest BCUT2D eigenvalue weighted by atomic mass is 127. The summed E-state index contributed by atoms with van der Waals surface area (Å²) in [5.41, 5.74) is 0. The third-order valence-corrected chi connectivity index (χ3v) is 3.94. The van der Waals surface area contributed by atoms with Crippen LogP contribution in [0.4, 0.5) is 0 Å². The van der Waals surface area contributed by atoms with E-state index in [1.54, 1.807) is 28.0 Å². The Morgan fingerprint density at radius 2 is 2.00 bits per heavy atom. The first kappa shape index (κ1) is 12.1. The number of rotatable bonds is 3. The van der Waals surface area contributed by atoms with Gasteiger partial charge in [0.1, 0.15) is 3.58 Å². The standard InChI is InChI=1S/C9H6BrIO2S/c10-6-1-3-7(4-2-6)14-5-8(11)9(12)13/h1-5H,(H,12,13)/b8-5+. The van der Waals surface area contributed by atoms with Crippen molar-refractivity contribution in [3.8, 4) is 0 Å². The molecule has 14 heavy (non-hydrogen) atoms. The summed E-state index contributed by atoms with van der Waals surface area (Å²) in [6.07, 6.45) is 0. The maximum absolute atomic E-state index is 10.5. The number of hydrogen-bond donors (Lipinski definition) is 1. The van der Waals surface area contributed by atoms with Gasteiger partial charge in [0.15, 0.2) is 0 Å². The molecule has 1 rings (SSSR count). The van der Waals surface area contributed by atoms with E-state index in [-0.39, 0.29) is 0 Å². The summed E-state index contributed by atoms with van der Waals surface area (Å²) in [5.74, 6) is -0.893. The highest BCUT2D eigenvalue weighted by Crippen LogP contribution is 2.24. The third kappa shape index (κ3) is 4.02. The number of carbonyl (C=O) groups is 1. The summed E-state index contributed by atoms with van der Waals surface area (Å²) in [5, 5.41) is 10.2. The summed E-state index contributed by atoms with van der Waals surface area (Å²) in [4.78, 5) is 11.5. The fourth-order valence-corrected chi connectivity index (χ4v) is 1.96. The summed E-state index contributed by atoms with van der Waals surface area (Å²) in [6.45, 7) is 0. The zero-order chi connectivity index (χ0) is 10.6. The van der Waals surface area contributed by atoms with Gasteiger partial charge in [-0.05, 0) is 52.3 Å². The molecule has 2 nitrogen and oxygen atoms in total. The van der Waals surface area contributed by atoms with Gasteiger partial charge in [0, 0.05) is 9.37 Å². The van der Waals surface area contributed by atoms with Crippen molar-refractivity contribution in [2.45, 2.75) is 4.90 Å². The monoisotopic (exact) mass is 384 g/mol. The van der Waals surface area contributed by atoms with Gasteiger partial charge >= 0.3 is 5.97 Å². The molecular weight excluding hydrogens is 379 g/mol. The van der Waals surface area contributed by atoms with Crippen LogP contribution < -0.4 is 0 Å². The van der Waals surface area contributed by atoms with Gasteiger partial charge < -0.3 is 5.11 Å². The predicted molar refractivity (Wildman–Crippen MR) is 69.7 cm³/mol. The quantitative estimate of drug-likeness (QED) is 0.487. The molecule has 74 valence electrons. The van der Waals surface area contributed by atoms with Gasteiger partial charge in [-0.1, -0.05) is 27.7 Å². The fraction of sp³-hybridized carbons (Fsp3) is 0. The van der Waals surface area contributed by atoms with Crippen LogP contribution in [0.25, 0.3) is 0 Å². The van der Waals surface area contributed by atoms with Crippen molar-refractivity contribution in [3.63, 3.8) is 0 Å². The van der Waals surface area contributed by atoms with E-state index in [0.717, 1.165) is 9.37 Å². The summed E-state index contributed by atoms with van der Waals surface area (Å²) in [6, 6.07) is 7.70. The molecule has 1 N–H and O–H groups in total. The topological polar surface area (TPSA) is 37.3 Å². The smallest absolute Gasteiger partial charge is 0.342 e. The molecule has 1 aromatic carbocycles. The summed E-state index contributed by atoms with van der Waals surface area (Å²) in [7, 11) is 0. The first-order valence-corrected chi connectivity index (χ1v) is 6.36. The van der Waals surface area contributed by atoms with Gasteiger partial charge in [-0.2, -0.15) is 0 Å². The van der Waals surface area contributed by atoms with Gasteiger partial charge in [-0.15, -0.1) is 0 Å². The first-order valence-electron chi connectivity index (χ1n) is 3.61. The van der Waals surface area contributed by atoms with Gasteiger partial charge in [0.25, 0.3) is 0 Å². The number of carboxylic acids is 1. The van der Waals surface area contributed by atoms with Crippen LogP contribution in [0.2, 0.25) is 0 Å². The lowest BCUT2D eigenvalue weighted by molar-refractivity contribution is -0.131. The van der Waals surface area contributed by atoms with Gasteiger partial charge in [0.2, 0.25) is 0 Å². The molecule has 0 atom stereocenters. The fourth-order valence-electron chi connectivity index (χ4n) is 0.683. The molecule has 0 aliphatic heterocycles. The van der Waals surface area contributed by atoms with Crippen molar-refractivity contribution >= 4 is 56.3 Å². The van der Waals surface area contributed by atoms with Crippen molar-refractivity contribution < 1.29 is 9.90 Å². The molecule has 5 heteroatoms.